The standard InChI is InChI=1S/C12H11NO2/c13-12(15)8-7-11-5-3-10(4-6-11)2-1-9-14/h1-9H,(H2,13,15)/b2-1+,8-7?. The van der Waals surface area contributed by atoms with Crippen LogP contribution in [0.4, 0.5) is 0 Å². The quantitative estimate of drug-likeness (QED) is 0.591. The third-order valence-electron chi connectivity index (χ3n) is 1.74. The number of allylic oxidation sites excluding steroid dienone is 1. The molecule has 3 heteroatoms. The number of hydrogen-bond acceptors (Lipinski definition) is 2. The second-order valence-electron chi connectivity index (χ2n) is 2.90. The zero-order valence-corrected chi connectivity index (χ0v) is 8.09. The fourth-order valence-corrected chi connectivity index (χ4v) is 1.05. The summed E-state index contributed by atoms with van der Waals surface area (Å²) in [6, 6.07) is 7.37. The number of rotatable bonds is 4. The normalized spacial score (nSPS) is 10.9. The van der Waals surface area contributed by atoms with Gasteiger partial charge in [-0.05, 0) is 23.3 Å². The van der Waals surface area contributed by atoms with Crippen molar-refractivity contribution in [3.63, 3.8) is 0 Å². The van der Waals surface area contributed by atoms with Crippen LogP contribution in [-0.2, 0) is 9.59 Å². The van der Waals surface area contributed by atoms with Gasteiger partial charge < -0.3 is 5.73 Å². The van der Waals surface area contributed by atoms with Crippen LogP contribution in [0.3, 0.4) is 0 Å². The van der Waals surface area contributed by atoms with E-state index in [-0.39, 0.29) is 0 Å². The number of benzene rings is 1. The maximum atomic E-state index is 10.5. The van der Waals surface area contributed by atoms with E-state index >= 15 is 0 Å². The van der Waals surface area contributed by atoms with Gasteiger partial charge in [-0.3, -0.25) is 9.59 Å². The number of nitrogens with two attached hydrogens (primary N) is 1. The molecule has 0 spiro atoms. The summed E-state index contributed by atoms with van der Waals surface area (Å²) < 4.78 is 0. The molecule has 0 aliphatic heterocycles. The molecular formula is C12H11NO2. The molecule has 1 rings (SSSR count). The molecule has 0 aliphatic carbocycles. The molecule has 0 unspecified atom stereocenters. The lowest BCUT2D eigenvalue weighted by Gasteiger charge is -1.94. The van der Waals surface area contributed by atoms with Crippen molar-refractivity contribution >= 4 is 24.3 Å². The summed E-state index contributed by atoms with van der Waals surface area (Å²) >= 11 is 0. The summed E-state index contributed by atoms with van der Waals surface area (Å²) in [6.07, 6.45) is 6.79. The zero-order valence-electron chi connectivity index (χ0n) is 8.09. The Morgan fingerprint density at radius 1 is 1.07 bits per heavy atom. The highest BCUT2D eigenvalue weighted by atomic mass is 16.1. The highest BCUT2D eigenvalue weighted by molar-refractivity contribution is 5.90. The van der Waals surface area contributed by atoms with Crippen molar-refractivity contribution in [3.8, 4) is 0 Å². The summed E-state index contributed by atoms with van der Waals surface area (Å²) in [5.74, 6) is -0.472. The third-order valence-corrected chi connectivity index (χ3v) is 1.74. The van der Waals surface area contributed by atoms with Gasteiger partial charge in [-0.25, -0.2) is 0 Å². The first-order chi connectivity index (χ1) is 7.22. The second kappa shape index (κ2) is 5.54. The first-order valence-corrected chi connectivity index (χ1v) is 4.42. The maximum Gasteiger partial charge on any atom is 0.241 e. The van der Waals surface area contributed by atoms with Crippen molar-refractivity contribution in [2.24, 2.45) is 5.73 Å². The number of primary amides is 1. The second-order valence-corrected chi connectivity index (χ2v) is 2.90. The Hall–Kier alpha value is -2.16. The number of hydrogen-bond donors (Lipinski definition) is 1. The van der Waals surface area contributed by atoms with Crippen LogP contribution < -0.4 is 5.73 Å². The molecule has 1 aromatic carbocycles. The molecule has 1 amide bonds. The third kappa shape index (κ3) is 4.04. The summed E-state index contributed by atoms with van der Waals surface area (Å²) in [5.41, 5.74) is 6.78. The van der Waals surface area contributed by atoms with Gasteiger partial charge in [-0.15, -0.1) is 0 Å². The lowest BCUT2D eigenvalue weighted by Crippen LogP contribution is -2.04. The highest BCUT2D eigenvalue weighted by Gasteiger charge is 1.89. The number of aldehydes is 1. The fourth-order valence-electron chi connectivity index (χ4n) is 1.05. The van der Waals surface area contributed by atoms with E-state index in [0.29, 0.717) is 0 Å². The molecule has 0 aromatic heterocycles. The number of carbonyl (C=O) groups excluding carboxylic acids is 2. The minimum Gasteiger partial charge on any atom is -0.366 e. The molecule has 15 heavy (non-hydrogen) atoms. The van der Waals surface area contributed by atoms with Gasteiger partial charge in [0.15, 0.2) is 0 Å². The van der Waals surface area contributed by atoms with Gasteiger partial charge in [0, 0.05) is 6.08 Å². The van der Waals surface area contributed by atoms with Crippen LogP contribution in [0.25, 0.3) is 12.2 Å². The van der Waals surface area contributed by atoms with Gasteiger partial charge in [0.1, 0.15) is 6.29 Å². The average molecular weight is 201 g/mol. The Labute approximate surface area is 87.9 Å². The van der Waals surface area contributed by atoms with Crippen LogP contribution in [0, 0.1) is 0 Å². The van der Waals surface area contributed by atoms with E-state index in [1.54, 1.807) is 12.2 Å². The van der Waals surface area contributed by atoms with Crippen molar-refractivity contribution in [1.29, 1.82) is 0 Å². The molecule has 0 saturated heterocycles. The van der Waals surface area contributed by atoms with E-state index in [4.69, 9.17) is 5.73 Å². The van der Waals surface area contributed by atoms with Crippen LogP contribution in [0.5, 0.6) is 0 Å². The minimum atomic E-state index is -0.472. The lowest BCUT2D eigenvalue weighted by molar-refractivity contribution is -0.113. The minimum absolute atomic E-state index is 0.472. The van der Waals surface area contributed by atoms with Crippen LogP contribution in [0.1, 0.15) is 11.1 Å². The predicted molar refractivity (Wildman–Crippen MR) is 59.8 cm³/mol. The van der Waals surface area contributed by atoms with Gasteiger partial charge in [0.25, 0.3) is 0 Å². The van der Waals surface area contributed by atoms with E-state index in [1.165, 1.54) is 12.2 Å². The molecule has 76 valence electrons. The van der Waals surface area contributed by atoms with Crippen molar-refractivity contribution in [1.82, 2.24) is 0 Å². The van der Waals surface area contributed by atoms with Gasteiger partial charge >= 0.3 is 0 Å². The van der Waals surface area contributed by atoms with E-state index in [2.05, 4.69) is 0 Å². The van der Waals surface area contributed by atoms with Crippen LogP contribution in [0.15, 0.2) is 36.4 Å². The molecule has 0 atom stereocenters. The largest absolute Gasteiger partial charge is 0.366 e. The van der Waals surface area contributed by atoms with E-state index in [9.17, 15) is 9.59 Å². The van der Waals surface area contributed by atoms with E-state index < -0.39 is 5.91 Å². The Bertz CT molecular complexity index is 402. The molecule has 3 nitrogen and oxygen atoms in total. The summed E-state index contributed by atoms with van der Waals surface area (Å²) in [7, 11) is 0. The number of carbonyl (C=O) groups is 2. The van der Waals surface area contributed by atoms with Gasteiger partial charge in [0.05, 0.1) is 0 Å². The molecule has 0 aliphatic rings. The van der Waals surface area contributed by atoms with Gasteiger partial charge in [0.2, 0.25) is 5.91 Å². The average Bonchev–Trinajstić information content (AvgIpc) is 2.25. The predicted octanol–water partition coefficient (Wildman–Crippen LogP) is 1.40. The first kappa shape index (κ1) is 10.9. The smallest absolute Gasteiger partial charge is 0.241 e. The molecule has 0 bridgehead atoms. The molecule has 0 saturated carbocycles. The van der Waals surface area contributed by atoms with Crippen LogP contribution in [0.2, 0.25) is 0 Å². The molecule has 0 radical (unpaired) electrons. The highest BCUT2D eigenvalue weighted by Crippen LogP contribution is 2.07. The van der Waals surface area contributed by atoms with Crippen LogP contribution >= 0.6 is 0 Å². The van der Waals surface area contributed by atoms with E-state index in [1.807, 2.05) is 24.3 Å². The molecule has 1 aromatic rings. The van der Waals surface area contributed by atoms with Gasteiger partial charge in [-0.2, -0.15) is 0 Å². The monoisotopic (exact) mass is 201 g/mol. The van der Waals surface area contributed by atoms with Crippen molar-refractivity contribution in [2.45, 2.75) is 0 Å². The van der Waals surface area contributed by atoms with Gasteiger partial charge in [-0.1, -0.05) is 30.3 Å². The zero-order chi connectivity index (χ0) is 11.1. The summed E-state index contributed by atoms with van der Waals surface area (Å²) in [5, 5.41) is 0. The molecule has 0 fully saturated rings. The number of amides is 1. The SMILES string of the molecule is NC(=O)C=Cc1ccc(/C=C/C=O)cc1. The van der Waals surface area contributed by atoms with Crippen LogP contribution in [-0.4, -0.2) is 12.2 Å². The Morgan fingerprint density at radius 2 is 1.60 bits per heavy atom. The first-order valence-electron chi connectivity index (χ1n) is 4.42. The van der Waals surface area contributed by atoms with Crippen molar-refractivity contribution < 1.29 is 9.59 Å². The summed E-state index contributed by atoms with van der Waals surface area (Å²) in [6.45, 7) is 0. The van der Waals surface area contributed by atoms with Crippen molar-refractivity contribution in [3.05, 3.63) is 47.5 Å². The van der Waals surface area contributed by atoms with Crippen molar-refractivity contribution in [2.75, 3.05) is 0 Å². The summed E-state index contributed by atoms with van der Waals surface area (Å²) in [4.78, 5) is 20.5. The maximum absolute atomic E-state index is 10.5. The Morgan fingerprint density at radius 3 is 2.07 bits per heavy atom. The Kier molecular flexibility index (Phi) is 4.04. The fraction of sp³-hybridized carbons (Fsp3) is 0. The Balaban J connectivity index is 2.76. The molecule has 2 N–H and O–H groups in total. The lowest BCUT2D eigenvalue weighted by atomic mass is 10.1. The molecule has 0 heterocycles. The topological polar surface area (TPSA) is 60.2 Å². The molecular weight excluding hydrogens is 190 g/mol. The van der Waals surface area contributed by atoms with E-state index in [0.717, 1.165) is 17.4 Å².